The lowest BCUT2D eigenvalue weighted by atomic mass is 10.3. The molecule has 2 nitrogen and oxygen atoms in total. The molecule has 1 rings (SSSR count). The van der Waals surface area contributed by atoms with Crippen molar-refractivity contribution in [3.8, 4) is 18.1 Å². The first-order valence-electron chi connectivity index (χ1n) is 4.89. The fourth-order valence-electron chi connectivity index (χ4n) is 1.18. The predicted octanol–water partition coefficient (Wildman–Crippen LogP) is 3.20. The second-order valence-electron chi connectivity index (χ2n) is 3.34. The highest BCUT2D eigenvalue weighted by molar-refractivity contribution is 9.11. The van der Waals surface area contributed by atoms with E-state index in [-0.39, 0.29) is 6.10 Å². The van der Waals surface area contributed by atoms with Crippen LogP contribution in [0, 0.1) is 12.3 Å². The quantitative estimate of drug-likeness (QED) is 0.653. The third kappa shape index (κ3) is 4.56. The average molecular weight is 347 g/mol. The summed E-state index contributed by atoms with van der Waals surface area (Å²) >= 11 is 6.84. The zero-order valence-electron chi connectivity index (χ0n) is 8.97. The van der Waals surface area contributed by atoms with E-state index in [0.717, 1.165) is 21.2 Å². The van der Waals surface area contributed by atoms with Gasteiger partial charge in [0.05, 0.1) is 11.0 Å². The molecule has 0 bridgehead atoms. The lowest BCUT2D eigenvalue weighted by Crippen LogP contribution is -2.29. The predicted molar refractivity (Wildman–Crippen MR) is 73.6 cm³/mol. The summed E-state index contributed by atoms with van der Waals surface area (Å²) in [5.74, 6) is 3.36. The van der Waals surface area contributed by atoms with E-state index in [9.17, 15) is 0 Å². The lowest BCUT2D eigenvalue weighted by molar-refractivity contribution is 0.218. The molecular weight excluding hydrogens is 334 g/mol. The molecule has 0 saturated heterocycles. The summed E-state index contributed by atoms with van der Waals surface area (Å²) in [5, 5.41) is 3.10. The fourth-order valence-corrected chi connectivity index (χ4v) is 2.32. The number of hydrogen-bond acceptors (Lipinski definition) is 2. The van der Waals surface area contributed by atoms with Gasteiger partial charge in [-0.25, -0.2) is 0 Å². The minimum atomic E-state index is 0.0748. The Balaban J connectivity index is 2.50. The molecule has 0 aromatic heterocycles. The number of rotatable bonds is 5. The Labute approximate surface area is 113 Å². The molecule has 1 aromatic rings. The van der Waals surface area contributed by atoms with Crippen LogP contribution in [0.4, 0.5) is 0 Å². The largest absolute Gasteiger partial charge is 0.488 e. The molecule has 4 heteroatoms. The highest BCUT2D eigenvalue weighted by Crippen LogP contribution is 2.28. The topological polar surface area (TPSA) is 21.3 Å². The Morgan fingerprint density at radius 1 is 1.50 bits per heavy atom. The fraction of sp³-hybridized carbons (Fsp3) is 0.333. The molecule has 1 N–H and O–H groups in total. The second-order valence-corrected chi connectivity index (χ2v) is 5.11. The number of halogens is 2. The Morgan fingerprint density at radius 2 is 2.25 bits per heavy atom. The van der Waals surface area contributed by atoms with Gasteiger partial charge in [-0.1, -0.05) is 21.9 Å². The molecule has 16 heavy (non-hydrogen) atoms. The van der Waals surface area contributed by atoms with Gasteiger partial charge in [-0.2, -0.15) is 0 Å². The first-order chi connectivity index (χ1) is 7.63. The van der Waals surface area contributed by atoms with E-state index < -0.39 is 0 Å². The van der Waals surface area contributed by atoms with Gasteiger partial charge in [-0.15, -0.1) is 6.42 Å². The number of ether oxygens (including phenoxy) is 1. The van der Waals surface area contributed by atoms with Gasteiger partial charge in [0.1, 0.15) is 11.9 Å². The van der Waals surface area contributed by atoms with Crippen LogP contribution in [-0.2, 0) is 0 Å². The summed E-state index contributed by atoms with van der Waals surface area (Å²) in [7, 11) is 0. The van der Waals surface area contributed by atoms with Gasteiger partial charge < -0.3 is 10.1 Å². The van der Waals surface area contributed by atoms with Gasteiger partial charge >= 0.3 is 0 Å². The molecule has 1 atom stereocenters. The lowest BCUT2D eigenvalue weighted by Gasteiger charge is -2.16. The Kier molecular flexibility index (Phi) is 5.89. The van der Waals surface area contributed by atoms with Crippen molar-refractivity contribution in [3.63, 3.8) is 0 Å². The van der Waals surface area contributed by atoms with Crippen LogP contribution in [0.5, 0.6) is 5.75 Å². The maximum absolute atomic E-state index is 5.75. The van der Waals surface area contributed by atoms with Gasteiger partial charge in [0.2, 0.25) is 0 Å². The van der Waals surface area contributed by atoms with Crippen molar-refractivity contribution in [2.75, 3.05) is 13.1 Å². The van der Waals surface area contributed by atoms with Gasteiger partial charge in [-0.3, -0.25) is 0 Å². The molecule has 1 aromatic carbocycles. The Morgan fingerprint density at radius 3 is 2.88 bits per heavy atom. The summed E-state index contributed by atoms with van der Waals surface area (Å²) in [6.45, 7) is 3.29. The van der Waals surface area contributed by atoms with E-state index in [1.807, 2.05) is 25.1 Å². The van der Waals surface area contributed by atoms with Crippen molar-refractivity contribution in [3.05, 3.63) is 27.1 Å². The number of benzene rings is 1. The number of nitrogens with one attached hydrogen (secondary N) is 1. The molecule has 0 aliphatic carbocycles. The summed E-state index contributed by atoms with van der Waals surface area (Å²) in [4.78, 5) is 0. The molecular formula is C12H13Br2NO. The number of hydrogen-bond donors (Lipinski definition) is 1. The summed E-state index contributed by atoms with van der Waals surface area (Å²) in [6, 6.07) is 5.82. The zero-order chi connectivity index (χ0) is 12.0. The minimum absolute atomic E-state index is 0.0748. The van der Waals surface area contributed by atoms with E-state index in [0.29, 0.717) is 6.54 Å². The summed E-state index contributed by atoms with van der Waals surface area (Å²) in [5.41, 5.74) is 0. The Bertz CT molecular complexity index is 387. The van der Waals surface area contributed by atoms with E-state index >= 15 is 0 Å². The average Bonchev–Trinajstić information content (AvgIpc) is 2.23. The minimum Gasteiger partial charge on any atom is -0.488 e. The Hall–Kier alpha value is -0.500. The normalized spacial score (nSPS) is 11.9. The maximum atomic E-state index is 5.75. The molecule has 0 saturated carbocycles. The van der Waals surface area contributed by atoms with Crippen molar-refractivity contribution in [2.24, 2.45) is 0 Å². The van der Waals surface area contributed by atoms with Crippen LogP contribution in [0.25, 0.3) is 0 Å². The number of terminal acetylenes is 1. The van der Waals surface area contributed by atoms with Gasteiger partial charge in [0.25, 0.3) is 0 Å². The van der Waals surface area contributed by atoms with Crippen LogP contribution < -0.4 is 10.1 Å². The van der Waals surface area contributed by atoms with Crippen molar-refractivity contribution in [1.29, 1.82) is 0 Å². The zero-order valence-corrected chi connectivity index (χ0v) is 12.1. The standard InChI is InChI=1S/C12H13Br2NO/c1-3-6-15-8-9(2)16-12-5-4-10(13)7-11(12)14/h1,4-5,7,9,15H,6,8H2,2H3. The van der Waals surface area contributed by atoms with Crippen molar-refractivity contribution in [2.45, 2.75) is 13.0 Å². The maximum Gasteiger partial charge on any atom is 0.134 e. The molecule has 0 aliphatic heterocycles. The molecule has 0 radical (unpaired) electrons. The van der Waals surface area contributed by atoms with Crippen molar-refractivity contribution in [1.82, 2.24) is 5.32 Å². The highest BCUT2D eigenvalue weighted by atomic mass is 79.9. The molecule has 86 valence electrons. The SMILES string of the molecule is C#CCNCC(C)Oc1ccc(Br)cc1Br. The first-order valence-corrected chi connectivity index (χ1v) is 6.48. The van der Waals surface area contributed by atoms with E-state index in [2.05, 4.69) is 43.1 Å². The van der Waals surface area contributed by atoms with Crippen LogP contribution in [0.1, 0.15) is 6.92 Å². The van der Waals surface area contributed by atoms with E-state index in [1.54, 1.807) is 0 Å². The van der Waals surface area contributed by atoms with Crippen LogP contribution in [-0.4, -0.2) is 19.2 Å². The molecule has 0 amide bonds. The van der Waals surface area contributed by atoms with Gasteiger partial charge in [-0.05, 0) is 41.1 Å². The van der Waals surface area contributed by atoms with Crippen LogP contribution in [0.3, 0.4) is 0 Å². The molecule has 0 aliphatic rings. The highest BCUT2D eigenvalue weighted by Gasteiger charge is 2.06. The van der Waals surface area contributed by atoms with Crippen molar-refractivity contribution >= 4 is 31.9 Å². The van der Waals surface area contributed by atoms with E-state index in [4.69, 9.17) is 11.2 Å². The molecule has 0 fully saturated rings. The van der Waals surface area contributed by atoms with Crippen LogP contribution >= 0.6 is 31.9 Å². The molecule has 0 heterocycles. The van der Waals surface area contributed by atoms with E-state index in [1.165, 1.54) is 0 Å². The monoisotopic (exact) mass is 345 g/mol. The van der Waals surface area contributed by atoms with Crippen LogP contribution in [0.15, 0.2) is 27.1 Å². The second kappa shape index (κ2) is 6.95. The third-order valence-electron chi connectivity index (χ3n) is 1.88. The molecule has 0 spiro atoms. The van der Waals surface area contributed by atoms with Gasteiger partial charge in [0, 0.05) is 11.0 Å². The van der Waals surface area contributed by atoms with Crippen LogP contribution in [0.2, 0.25) is 0 Å². The van der Waals surface area contributed by atoms with Gasteiger partial charge in [0.15, 0.2) is 0 Å². The first kappa shape index (κ1) is 13.6. The third-order valence-corrected chi connectivity index (χ3v) is 2.99. The summed E-state index contributed by atoms with van der Waals surface area (Å²) < 4.78 is 7.70. The summed E-state index contributed by atoms with van der Waals surface area (Å²) in [6.07, 6.45) is 5.22. The van der Waals surface area contributed by atoms with Crippen molar-refractivity contribution < 1.29 is 4.74 Å². The smallest absolute Gasteiger partial charge is 0.134 e. The molecule has 1 unspecified atom stereocenters.